The molecule has 0 aliphatic rings. The molecule has 0 bridgehead atoms. The molecule has 0 aliphatic heterocycles. The van der Waals surface area contributed by atoms with Gasteiger partial charge in [-0.3, -0.25) is 9.48 Å². The Morgan fingerprint density at radius 2 is 2.21 bits per heavy atom. The standard InChI is InChI=1S/C12H13N3O3S/c1-7-4-9(12(17)18-3)11(19-7)14-10(16)8-5-13-15(2)6-8/h4-6H,1-3H3,(H,14,16). The van der Waals surface area contributed by atoms with Crippen molar-refractivity contribution in [1.82, 2.24) is 9.78 Å². The van der Waals surface area contributed by atoms with E-state index in [0.29, 0.717) is 16.1 Å². The zero-order valence-electron chi connectivity index (χ0n) is 10.8. The molecule has 7 heteroatoms. The van der Waals surface area contributed by atoms with Crippen LogP contribution in [-0.2, 0) is 11.8 Å². The molecule has 2 rings (SSSR count). The molecule has 1 amide bonds. The molecule has 0 aliphatic carbocycles. The molecule has 0 aromatic carbocycles. The molecule has 6 nitrogen and oxygen atoms in total. The lowest BCUT2D eigenvalue weighted by atomic mass is 10.3. The van der Waals surface area contributed by atoms with Crippen molar-refractivity contribution in [3.05, 3.63) is 34.5 Å². The molecule has 2 heterocycles. The third kappa shape index (κ3) is 2.82. The number of anilines is 1. The van der Waals surface area contributed by atoms with E-state index < -0.39 is 5.97 Å². The van der Waals surface area contributed by atoms with E-state index in [9.17, 15) is 9.59 Å². The number of rotatable bonds is 3. The average Bonchev–Trinajstić information content (AvgIpc) is 2.95. The second-order valence-electron chi connectivity index (χ2n) is 3.95. The van der Waals surface area contributed by atoms with Gasteiger partial charge in [0.1, 0.15) is 5.00 Å². The number of hydrogen-bond acceptors (Lipinski definition) is 5. The first-order valence-corrected chi connectivity index (χ1v) is 6.31. The molecule has 0 spiro atoms. The van der Waals surface area contributed by atoms with Gasteiger partial charge in [0.15, 0.2) is 0 Å². The zero-order chi connectivity index (χ0) is 14.0. The zero-order valence-corrected chi connectivity index (χ0v) is 11.6. The molecule has 1 N–H and O–H groups in total. The highest BCUT2D eigenvalue weighted by molar-refractivity contribution is 7.16. The summed E-state index contributed by atoms with van der Waals surface area (Å²) in [4.78, 5) is 24.5. The van der Waals surface area contributed by atoms with E-state index >= 15 is 0 Å². The molecule has 100 valence electrons. The van der Waals surface area contributed by atoms with Crippen LogP contribution in [0.25, 0.3) is 0 Å². The lowest BCUT2D eigenvalue weighted by molar-refractivity contribution is 0.0602. The summed E-state index contributed by atoms with van der Waals surface area (Å²) in [5.41, 5.74) is 0.798. The second kappa shape index (κ2) is 5.23. The number of thiophene rings is 1. The molecule has 0 unspecified atom stereocenters. The van der Waals surface area contributed by atoms with Gasteiger partial charge in [-0.05, 0) is 13.0 Å². The quantitative estimate of drug-likeness (QED) is 0.870. The van der Waals surface area contributed by atoms with Gasteiger partial charge in [-0.15, -0.1) is 11.3 Å². The fourth-order valence-corrected chi connectivity index (χ4v) is 2.48. The molecule has 0 saturated heterocycles. The number of aryl methyl sites for hydroxylation is 2. The molecule has 19 heavy (non-hydrogen) atoms. The minimum atomic E-state index is -0.467. The lowest BCUT2D eigenvalue weighted by Gasteiger charge is -2.03. The number of carbonyl (C=O) groups excluding carboxylic acids is 2. The fraction of sp³-hybridized carbons (Fsp3) is 0.250. The molecular weight excluding hydrogens is 266 g/mol. The van der Waals surface area contributed by atoms with Crippen LogP contribution in [0.15, 0.2) is 18.5 Å². The van der Waals surface area contributed by atoms with Gasteiger partial charge in [-0.2, -0.15) is 5.10 Å². The fourth-order valence-electron chi connectivity index (χ4n) is 1.58. The van der Waals surface area contributed by atoms with E-state index in [1.807, 2.05) is 6.92 Å². The van der Waals surface area contributed by atoms with Crippen molar-refractivity contribution in [3.8, 4) is 0 Å². The molecule has 0 fully saturated rings. The first-order valence-electron chi connectivity index (χ1n) is 5.50. The summed E-state index contributed by atoms with van der Waals surface area (Å²) in [6.07, 6.45) is 3.07. The number of aromatic nitrogens is 2. The molecule has 0 saturated carbocycles. The van der Waals surface area contributed by atoms with Gasteiger partial charge in [-0.1, -0.05) is 0 Å². The summed E-state index contributed by atoms with van der Waals surface area (Å²) < 4.78 is 6.22. The van der Waals surface area contributed by atoms with Gasteiger partial charge in [-0.25, -0.2) is 4.79 Å². The third-order valence-electron chi connectivity index (χ3n) is 2.45. The van der Waals surface area contributed by atoms with Crippen molar-refractivity contribution in [3.63, 3.8) is 0 Å². The molecule has 0 radical (unpaired) electrons. The van der Waals surface area contributed by atoms with E-state index in [4.69, 9.17) is 0 Å². The summed E-state index contributed by atoms with van der Waals surface area (Å²) in [7, 11) is 3.04. The predicted octanol–water partition coefficient (Wildman–Crippen LogP) is 1.83. The maximum Gasteiger partial charge on any atom is 0.340 e. The van der Waals surface area contributed by atoms with Crippen molar-refractivity contribution in [2.75, 3.05) is 12.4 Å². The highest BCUT2D eigenvalue weighted by Crippen LogP contribution is 2.28. The van der Waals surface area contributed by atoms with Crippen molar-refractivity contribution in [2.24, 2.45) is 7.05 Å². The van der Waals surface area contributed by atoms with Crippen LogP contribution < -0.4 is 5.32 Å². The number of hydrogen-bond donors (Lipinski definition) is 1. The van der Waals surface area contributed by atoms with E-state index in [2.05, 4.69) is 15.2 Å². The first kappa shape index (κ1) is 13.3. The van der Waals surface area contributed by atoms with E-state index in [1.54, 1.807) is 19.3 Å². The SMILES string of the molecule is COC(=O)c1cc(C)sc1NC(=O)c1cnn(C)c1. The Hall–Kier alpha value is -2.15. The molecule has 2 aromatic rings. The minimum Gasteiger partial charge on any atom is -0.465 e. The Balaban J connectivity index is 2.24. The predicted molar refractivity (Wildman–Crippen MR) is 71.6 cm³/mol. The van der Waals surface area contributed by atoms with Crippen molar-refractivity contribution in [1.29, 1.82) is 0 Å². The highest BCUT2D eigenvalue weighted by atomic mass is 32.1. The van der Waals surface area contributed by atoms with Gasteiger partial charge in [0.2, 0.25) is 0 Å². The second-order valence-corrected chi connectivity index (χ2v) is 5.20. The van der Waals surface area contributed by atoms with Crippen molar-refractivity contribution < 1.29 is 14.3 Å². The molecule has 0 atom stereocenters. The number of methoxy groups -OCH3 is 1. The summed E-state index contributed by atoms with van der Waals surface area (Å²) >= 11 is 1.33. The molecular formula is C12H13N3O3S. The summed E-state index contributed by atoms with van der Waals surface area (Å²) in [5, 5.41) is 7.11. The minimum absolute atomic E-state index is 0.305. The van der Waals surface area contributed by atoms with Crippen molar-refractivity contribution >= 4 is 28.2 Å². The third-order valence-corrected chi connectivity index (χ3v) is 3.42. The van der Waals surface area contributed by atoms with E-state index in [0.717, 1.165) is 4.88 Å². The lowest BCUT2D eigenvalue weighted by Crippen LogP contribution is -2.13. The molecule has 2 aromatic heterocycles. The van der Waals surface area contributed by atoms with Gasteiger partial charge < -0.3 is 10.1 Å². The van der Waals surface area contributed by atoms with Crippen LogP contribution in [0.5, 0.6) is 0 Å². The van der Waals surface area contributed by atoms with Crippen LogP contribution in [0, 0.1) is 6.92 Å². The summed E-state index contributed by atoms with van der Waals surface area (Å²) in [5.74, 6) is -0.772. The topological polar surface area (TPSA) is 73.2 Å². The van der Waals surface area contributed by atoms with Gasteiger partial charge in [0, 0.05) is 18.1 Å². The number of ether oxygens (including phenoxy) is 1. The van der Waals surface area contributed by atoms with Crippen LogP contribution in [0.4, 0.5) is 5.00 Å². The number of amides is 1. The normalized spacial score (nSPS) is 10.3. The van der Waals surface area contributed by atoms with Gasteiger partial charge in [0.05, 0.1) is 24.4 Å². The van der Waals surface area contributed by atoms with Crippen LogP contribution in [0.3, 0.4) is 0 Å². The number of nitrogens with one attached hydrogen (secondary N) is 1. The summed E-state index contributed by atoms with van der Waals surface area (Å²) in [6, 6.07) is 1.69. The monoisotopic (exact) mass is 279 g/mol. The smallest absolute Gasteiger partial charge is 0.340 e. The van der Waals surface area contributed by atoms with Crippen LogP contribution in [0.1, 0.15) is 25.6 Å². The van der Waals surface area contributed by atoms with Gasteiger partial charge >= 0.3 is 5.97 Å². The number of carbonyl (C=O) groups is 2. The number of esters is 1. The average molecular weight is 279 g/mol. The Morgan fingerprint density at radius 3 is 2.79 bits per heavy atom. The largest absolute Gasteiger partial charge is 0.465 e. The van der Waals surface area contributed by atoms with Crippen LogP contribution in [0.2, 0.25) is 0 Å². The highest BCUT2D eigenvalue weighted by Gasteiger charge is 2.18. The maximum absolute atomic E-state index is 12.0. The van der Waals surface area contributed by atoms with Crippen LogP contribution >= 0.6 is 11.3 Å². The maximum atomic E-state index is 12.0. The Morgan fingerprint density at radius 1 is 1.47 bits per heavy atom. The Kier molecular flexibility index (Phi) is 3.66. The Labute approximate surface area is 114 Å². The van der Waals surface area contributed by atoms with Crippen molar-refractivity contribution in [2.45, 2.75) is 6.92 Å². The number of nitrogens with zero attached hydrogens (tertiary/aromatic N) is 2. The van der Waals surface area contributed by atoms with Crippen LogP contribution in [-0.4, -0.2) is 28.8 Å². The van der Waals surface area contributed by atoms with E-state index in [1.165, 1.54) is 29.3 Å². The first-order chi connectivity index (χ1) is 9.01. The van der Waals surface area contributed by atoms with E-state index in [-0.39, 0.29) is 5.91 Å². The summed E-state index contributed by atoms with van der Waals surface area (Å²) in [6.45, 7) is 1.86. The van der Waals surface area contributed by atoms with Gasteiger partial charge in [0.25, 0.3) is 5.91 Å². The Bertz CT molecular complexity index is 630.